The Kier molecular flexibility index (Phi) is 2.79. The summed E-state index contributed by atoms with van der Waals surface area (Å²) in [6.07, 6.45) is 0. The lowest BCUT2D eigenvalue weighted by Gasteiger charge is -2.04. The Labute approximate surface area is 97.5 Å². The molecule has 0 spiro atoms. The van der Waals surface area contributed by atoms with Gasteiger partial charge in [0.2, 0.25) is 0 Å². The second-order valence-electron chi connectivity index (χ2n) is 5.16. The fourth-order valence-corrected chi connectivity index (χ4v) is 2.17. The van der Waals surface area contributed by atoms with Crippen LogP contribution in [0.25, 0.3) is 11.0 Å². The Bertz CT molecular complexity index is 503. The Morgan fingerprint density at radius 3 is 2.25 bits per heavy atom. The zero-order valence-electron chi connectivity index (χ0n) is 10.8. The summed E-state index contributed by atoms with van der Waals surface area (Å²) in [5.74, 6) is 2.15. The molecule has 2 aromatic rings. The van der Waals surface area contributed by atoms with Crippen LogP contribution in [0.5, 0.6) is 0 Å². The zero-order chi connectivity index (χ0) is 11.9. The maximum Gasteiger partial charge on any atom is 0.134 e. The van der Waals surface area contributed by atoms with Crippen molar-refractivity contribution in [1.29, 1.82) is 0 Å². The highest BCUT2D eigenvalue weighted by Gasteiger charge is 2.14. The van der Waals surface area contributed by atoms with Crippen LogP contribution in [0.15, 0.2) is 22.6 Å². The average molecular weight is 216 g/mol. The van der Waals surface area contributed by atoms with Crippen molar-refractivity contribution >= 4 is 11.0 Å². The van der Waals surface area contributed by atoms with Gasteiger partial charge in [0, 0.05) is 11.3 Å². The normalized spacial score (nSPS) is 11.9. The van der Waals surface area contributed by atoms with Crippen LogP contribution in [-0.4, -0.2) is 0 Å². The van der Waals surface area contributed by atoms with Gasteiger partial charge in [0.05, 0.1) is 0 Å². The highest BCUT2D eigenvalue weighted by molar-refractivity contribution is 5.83. The fraction of sp³-hybridized carbons (Fsp3) is 0.467. The molecule has 16 heavy (non-hydrogen) atoms. The molecular formula is C15H20O. The summed E-state index contributed by atoms with van der Waals surface area (Å²) in [5.41, 5.74) is 3.70. The van der Waals surface area contributed by atoms with Crippen LogP contribution in [0.3, 0.4) is 0 Å². The van der Waals surface area contributed by atoms with Gasteiger partial charge in [-0.3, -0.25) is 0 Å². The number of benzene rings is 1. The molecule has 86 valence electrons. The lowest BCUT2D eigenvalue weighted by molar-refractivity contribution is 0.517. The molecule has 1 aromatic carbocycles. The van der Waals surface area contributed by atoms with Gasteiger partial charge in [-0.25, -0.2) is 0 Å². The number of aryl methyl sites for hydroxylation is 1. The standard InChI is InChI=1S/C15H20O/c1-9(2)12-6-7-14-13(8-12)11(5)15(16-14)10(3)4/h6-10H,1-5H3. The second-order valence-corrected chi connectivity index (χ2v) is 5.16. The quantitative estimate of drug-likeness (QED) is 0.689. The molecule has 0 aliphatic heterocycles. The number of fused-ring (bicyclic) bond motifs is 1. The Balaban J connectivity index is 2.64. The van der Waals surface area contributed by atoms with E-state index in [2.05, 4.69) is 52.8 Å². The van der Waals surface area contributed by atoms with E-state index < -0.39 is 0 Å². The highest BCUT2D eigenvalue weighted by atomic mass is 16.3. The van der Waals surface area contributed by atoms with E-state index in [1.165, 1.54) is 16.5 Å². The minimum Gasteiger partial charge on any atom is -0.461 e. The number of hydrogen-bond acceptors (Lipinski definition) is 1. The molecule has 0 aliphatic rings. The largest absolute Gasteiger partial charge is 0.461 e. The van der Waals surface area contributed by atoms with E-state index in [9.17, 15) is 0 Å². The SMILES string of the molecule is Cc1c(C(C)C)oc2ccc(C(C)C)cc12. The van der Waals surface area contributed by atoms with Crippen molar-refractivity contribution in [2.24, 2.45) is 0 Å². The van der Waals surface area contributed by atoms with Crippen LogP contribution >= 0.6 is 0 Å². The molecule has 2 rings (SSSR count). The van der Waals surface area contributed by atoms with Crippen molar-refractivity contribution in [1.82, 2.24) is 0 Å². The summed E-state index contributed by atoms with van der Waals surface area (Å²) in [7, 11) is 0. The van der Waals surface area contributed by atoms with Gasteiger partial charge in [0.25, 0.3) is 0 Å². The number of rotatable bonds is 2. The first-order chi connectivity index (χ1) is 7.50. The summed E-state index contributed by atoms with van der Waals surface area (Å²) in [4.78, 5) is 0. The smallest absolute Gasteiger partial charge is 0.134 e. The van der Waals surface area contributed by atoms with Crippen LogP contribution in [0, 0.1) is 6.92 Å². The van der Waals surface area contributed by atoms with E-state index in [1.807, 2.05) is 0 Å². The first-order valence-corrected chi connectivity index (χ1v) is 6.03. The minimum absolute atomic E-state index is 0.454. The summed E-state index contributed by atoms with van der Waals surface area (Å²) < 4.78 is 5.89. The summed E-state index contributed by atoms with van der Waals surface area (Å²) in [5, 5.41) is 1.27. The van der Waals surface area contributed by atoms with Crippen LogP contribution in [0.4, 0.5) is 0 Å². The molecule has 0 fully saturated rings. The molecule has 1 heterocycles. The van der Waals surface area contributed by atoms with Gasteiger partial charge in [0.15, 0.2) is 0 Å². The van der Waals surface area contributed by atoms with Gasteiger partial charge < -0.3 is 4.42 Å². The molecule has 0 atom stereocenters. The second kappa shape index (κ2) is 3.97. The Morgan fingerprint density at radius 1 is 1.00 bits per heavy atom. The average Bonchev–Trinajstić information content (AvgIpc) is 2.56. The first-order valence-electron chi connectivity index (χ1n) is 6.03. The van der Waals surface area contributed by atoms with E-state index in [0.29, 0.717) is 11.8 Å². The molecule has 0 aliphatic carbocycles. The first kappa shape index (κ1) is 11.3. The third-order valence-electron chi connectivity index (χ3n) is 3.19. The number of furan rings is 1. The van der Waals surface area contributed by atoms with E-state index >= 15 is 0 Å². The van der Waals surface area contributed by atoms with Gasteiger partial charge in [-0.15, -0.1) is 0 Å². The molecule has 0 N–H and O–H groups in total. The molecule has 1 nitrogen and oxygen atoms in total. The van der Waals surface area contributed by atoms with Crippen LogP contribution in [-0.2, 0) is 0 Å². The van der Waals surface area contributed by atoms with Gasteiger partial charge in [0.1, 0.15) is 11.3 Å². The van der Waals surface area contributed by atoms with Crippen molar-refractivity contribution in [3.8, 4) is 0 Å². The summed E-state index contributed by atoms with van der Waals surface area (Å²) in [6.45, 7) is 11.0. The molecule has 0 radical (unpaired) electrons. The summed E-state index contributed by atoms with van der Waals surface area (Å²) >= 11 is 0. The Morgan fingerprint density at radius 2 is 1.69 bits per heavy atom. The van der Waals surface area contributed by atoms with Crippen molar-refractivity contribution in [3.63, 3.8) is 0 Å². The van der Waals surface area contributed by atoms with Crippen molar-refractivity contribution in [3.05, 3.63) is 35.1 Å². The van der Waals surface area contributed by atoms with Gasteiger partial charge >= 0.3 is 0 Å². The molecule has 0 unspecified atom stereocenters. The topological polar surface area (TPSA) is 13.1 Å². The monoisotopic (exact) mass is 216 g/mol. The predicted octanol–water partition coefficient (Wildman–Crippen LogP) is 4.99. The van der Waals surface area contributed by atoms with Gasteiger partial charge in [-0.05, 0) is 36.1 Å². The van der Waals surface area contributed by atoms with E-state index in [-0.39, 0.29) is 0 Å². The molecule has 1 heteroatoms. The zero-order valence-corrected chi connectivity index (χ0v) is 10.8. The maximum absolute atomic E-state index is 5.89. The fourth-order valence-electron chi connectivity index (χ4n) is 2.17. The molecule has 0 bridgehead atoms. The van der Waals surface area contributed by atoms with Crippen molar-refractivity contribution in [2.45, 2.75) is 46.5 Å². The van der Waals surface area contributed by atoms with E-state index in [0.717, 1.165) is 11.3 Å². The maximum atomic E-state index is 5.89. The Hall–Kier alpha value is -1.24. The van der Waals surface area contributed by atoms with Crippen LogP contribution in [0.2, 0.25) is 0 Å². The van der Waals surface area contributed by atoms with Crippen LogP contribution in [0.1, 0.15) is 56.4 Å². The van der Waals surface area contributed by atoms with E-state index in [4.69, 9.17) is 4.42 Å². The highest BCUT2D eigenvalue weighted by Crippen LogP contribution is 2.32. The molecule has 1 aromatic heterocycles. The molecule has 0 amide bonds. The van der Waals surface area contributed by atoms with Crippen molar-refractivity contribution in [2.75, 3.05) is 0 Å². The number of hydrogen-bond donors (Lipinski definition) is 0. The van der Waals surface area contributed by atoms with E-state index in [1.54, 1.807) is 0 Å². The lowest BCUT2D eigenvalue weighted by atomic mass is 9.99. The van der Waals surface area contributed by atoms with Gasteiger partial charge in [-0.1, -0.05) is 33.8 Å². The minimum atomic E-state index is 0.454. The lowest BCUT2D eigenvalue weighted by Crippen LogP contribution is -1.87. The molecular weight excluding hydrogens is 196 g/mol. The van der Waals surface area contributed by atoms with Gasteiger partial charge in [-0.2, -0.15) is 0 Å². The van der Waals surface area contributed by atoms with Crippen LogP contribution < -0.4 is 0 Å². The molecule has 0 saturated heterocycles. The third kappa shape index (κ3) is 1.75. The molecule has 0 saturated carbocycles. The summed E-state index contributed by atoms with van der Waals surface area (Å²) in [6, 6.07) is 6.54. The third-order valence-corrected chi connectivity index (χ3v) is 3.19. The predicted molar refractivity (Wildman–Crippen MR) is 69.1 cm³/mol. The van der Waals surface area contributed by atoms with Crippen molar-refractivity contribution < 1.29 is 4.42 Å².